The van der Waals surface area contributed by atoms with Gasteiger partial charge in [0, 0.05) is 32.4 Å². The first-order valence-corrected chi connectivity index (χ1v) is 5.97. The van der Waals surface area contributed by atoms with E-state index in [1.165, 1.54) is 0 Å². The molecule has 2 N–H and O–H groups in total. The van der Waals surface area contributed by atoms with E-state index >= 15 is 0 Å². The van der Waals surface area contributed by atoms with Gasteiger partial charge >= 0.3 is 6.18 Å². The Morgan fingerprint density at radius 2 is 2.16 bits per heavy atom. The highest BCUT2D eigenvalue weighted by atomic mass is 19.4. The second-order valence-electron chi connectivity index (χ2n) is 4.58. The van der Waals surface area contributed by atoms with Crippen molar-refractivity contribution in [2.75, 3.05) is 38.1 Å². The number of nitrogens with zero attached hydrogens (tertiary/aromatic N) is 4. The Labute approximate surface area is 109 Å². The fourth-order valence-corrected chi connectivity index (χ4v) is 2.12. The van der Waals surface area contributed by atoms with Crippen molar-refractivity contribution in [1.29, 1.82) is 0 Å². The number of likely N-dealkylation sites (N-methyl/N-ethyl adjacent to an activating group) is 1. The lowest BCUT2D eigenvalue weighted by Gasteiger charge is -2.39. The summed E-state index contributed by atoms with van der Waals surface area (Å²) < 4.78 is 37.9. The molecule has 1 aromatic heterocycles. The molecule has 0 radical (unpaired) electrons. The first-order valence-electron chi connectivity index (χ1n) is 5.97. The molecule has 0 saturated carbocycles. The molecule has 1 aliphatic heterocycles. The number of anilines is 1. The van der Waals surface area contributed by atoms with Crippen LogP contribution >= 0.6 is 0 Å². The van der Waals surface area contributed by atoms with Gasteiger partial charge in [-0.25, -0.2) is 9.97 Å². The van der Waals surface area contributed by atoms with E-state index < -0.39 is 11.9 Å². The Hall–Kier alpha value is -1.41. The number of hydrogen-bond acceptors (Lipinski definition) is 5. The fourth-order valence-electron chi connectivity index (χ4n) is 2.12. The highest BCUT2D eigenvalue weighted by Crippen LogP contribution is 2.28. The molecule has 0 aromatic carbocycles. The minimum absolute atomic E-state index is 0.0674. The third-order valence-corrected chi connectivity index (χ3v) is 3.15. The topological polar surface area (TPSA) is 58.3 Å². The molecule has 0 spiro atoms. The van der Waals surface area contributed by atoms with E-state index in [1.807, 2.05) is 7.05 Å². The molecule has 0 amide bonds. The quantitative estimate of drug-likeness (QED) is 0.855. The van der Waals surface area contributed by atoms with Gasteiger partial charge in [0.2, 0.25) is 5.95 Å². The fraction of sp³-hybridized carbons (Fsp3) is 0.636. The molecule has 0 bridgehead atoms. The molecule has 2 heterocycles. The lowest BCUT2D eigenvalue weighted by Crippen LogP contribution is -2.55. The van der Waals surface area contributed by atoms with Crippen molar-refractivity contribution in [3.05, 3.63) is 18.0 Å². The minimum atomic E-state index is -4.46. The summed E-state index contributed by atoms with van der Waals surface area (Å²) in [6.07, 6.45) is -3.32. The van der Waals surface area contributed by atoms with Crippen molar-refractivity contribution in [2.24, 2.45) is 5.73 Å². The molecule has 1 aliphatic rings. The number of halogens is 3. The normalized spacial score (nSPS) is 21.7. The predicted octanol–water partition coefficient (Wildman–Crippen LogP) is 0.574. The van der Waals surface area contributed by atoms with E-state index in [2.05, 4.69) is 14.9 Å². The maximum atomic E-state index is 12.6. The highest BCUT2D eigenvalue weighted by molar-refractivity contribution is 5.34. The zero-order valence-corrected chi connectivity index (χ0v) is 10.6. The molecule has 1 saturated heterocycles. The van der Waals surface area contributed by atoms with Crippen LogP contribution in [-0.2, 0) is 6.18 Å². The van der Waals surface area contributed by atoms with E-state index in [9.17, 15) is 13.2 Å². The maximum absolute atomic E-state index is 12.6. The summed E-state index contributed by atoms with van der Waals surface area (Å²) >= 11 is 0. The van der Waals surface area contributed by atoms with Gasteiger partial charge in [0.15, 0.2) is 0 Å². The van der Waals surface area contributed by atoms with Crippen LogP contribution in [0.15, 0.2) is 12.3 Å². The summed E-state index contributed by atoms with van der Waals surface area (Å²) in [5.41, 5.74) is 4.75. The van der Waals surface area contributed by atoms with Crippen molar-refractivity contribution in [1.82, 2.24) is 14.9 Å². The van der Waals surface area contributed by atoms with Crippen LogP contribution < -0.4 is 10.6 Å². The minimum Gasteiger partial charge on any atom is -0.334 e. The van der Waals surface area contributed by atoms with E-state index in [0.29, 0.717) is 19.6 Å². The molecular formula is C11H16F3N5. The molecule has 1 fully saturated rings. The Kier molecular flexibility index (Phi) is 3.91. The Morgan fingerprint density at radius 1 is 1.42 bits per heavy atom. The second-order valence-corrected chi connectivity index (χ2v) is 4.58. The van der Waals surface area contributed by atoms with Gasteiger partial charge < -0.3 is 15.5 Å². The van der Waals surface area contributed by atoms with Gasteiger partial charge in [-0.15, -0.1) is 0 Å². The number of nitrogens with two attached hydrogens (primary N) is 1. The zero-order valence-electron chi connectivity index (χ0n) is 10.6. The molecule has 106 valence electrons. The summed E-state index contributed by atoms with van der Waals surface area (Å²) in [6, 6.07) is 0.805. The first-order chi connectivity index (χ1) is 8.91. The first kappa shape index (κ1) is 14.0. The van der Waals surface area contributed by atoms with Crippen molar-refractivity contribution in [3.8, 4) is 0 Å². The Bertz CT molecular complexity index is 437. The van der Waals surface area contributed by atoms with Gasteiger partial charge in [-0.2, -0.15) is 13.2 Å². The monoisotopic (exact) mass is 275 g/mol. The summed E-state index contributed by atoms with van der Waals surface area (Å²) in [5, 5.41) is 0. The van der Waals surface area contributed by atoms with Gasteiger partial charge in [0.25, 0.3) is 0 Å². The summed E-state index contributed by atoms with van der Waals surface area (Å²) in [6.45, 7) is 2.36. The third kappa shape index (κ3) is 3.13. The molecule has 0 aliphatic carbocycles. The van der Waals surface area contributed by atoms with Crippen molar-refractivity contribution >= 4 is 5.95 Å². The van der Waals surface area contributed by atoms with Crippen LogP contribution in [0.3, 0.4) is 0 Å². The molecular weight excluding hydrogens is 259 g/mol. The van der Waals surface area contributed by atoms with Gasteiger partial charge in [-0.3, -0.25) is 0 Å². The highest BCUT2D eigenvalue weighted by Gasteiger charge is 2.34. The van der Waals surface area contributed by atoms with Crippen LogP contribution in [-0.4, -0.2) is 54.1 Å². The molecule has 1 aromatic rings. The average molecular weight is 275 g/mol. The van der Waals surface area contributed by atoms with Crippen LogP contribution in [0.4, 0.5) is 19.1 Å². The summed E-state index contributed by atoms with van der Waals surface area (Å²) in [7, 11) is 1.95. The number of aromatic nitrogens is 2. The number of rotatable bonds is 2. The largest absolute Gasteiger partial charge is 0.433 e. The zero-order chi connectivity index (χ0) is 14.0. The third-order valence-electron chi connectivity index (χ3n) is 3.15. The molecule has 1 atom stereocenters. The van der Waals surface area contributed by atoms with Gasteiger partial charge in [-0.1, -0.05) is 0 Å². The van der Waals surface area contributed by atoms with E-state index in [0.717, 1.165) is 18.8 Å². The lowest BCUT2D eigenvalue weighted by atomic mass is 10.2. The van der Waals surface area contributed by atoms with E-state index in [4.69, 9.17) is 5.73 Å². The second kappa shape index (κ2) is 5.30. The van der Waals surface area contributed by atoms with Crippen LogP contribution in [0.25, 0.3) is 0 Å². The average Bonchev–Trinajstić information content (AvgIpc) is 2.37. The van der Waals surface area contributed by atoms with E-state index in [1.54, 1.807) is 4.90 Å². The molecule has 5 nitrogen and oxygen atoms in total. The molecule has 8 heteroatoms. The van der Waals surface area contributed by atoms with Crippen LogP contribution in [0, 0.1) is 0 Å². The van der Waals surface area contributed by atoms with Crippen molar-refractivity contribution < 1.29 is 13.2 Å². The van der Waals surface area contributed by atoms with E-state index in [-0.39, 0.29) is 12.0 Å². The standard InChI is InChI=1S/C11H16F3N5/c1-18-4-5-19(8(6-15)7-18)10-16-3-2-9(17-10)11(12,13)14/h2-3,8H,4-7,15H2,1H3. The molecule has 2 rings (SSSR count). The maximum Gasteiger partial charge on any atom is 0.433 e. The van der Waals surface area contributed by atoms with Gasteiger partial charge in [0.1, 0.15) is 5.69 Å². The lowest BCUT2D eigenvalue weighted by molar-refractivity contribution is -0.141. The SMILES string of the molecule is CN1CCN(c2nccc(C(F)(F)F)n2)C(CN)C1. The van der Waals surface area contributed by atoms with Crippen LogP contribution in [0.5, 0.6) is 0 Å². The van der Waals surface area contributed by atoms with Gasteiger partial charge in [0.05, 0.1) is 6.04 Å². The summed E-state index contributed by atoms with van der Waals surface area (Å²) in [5.74, 6) is 0.0957. The smallest absolute Gasteiger partial charge is 0.334 e. The predicted molar refractivity (Wildman–Crippen MR) is 64.7 cm³/mol. The number of piperazine rings is 1. The van der Waals surface area contributed by atoms with Crippen LogP contribution in [0.1, 0.15) is 5.69 Å². The Morgan fingerprint density at radius 3 is 2.79 bits per heavy atom. The number of hydrogen-bond donors (Lipinski definition) is 1. The molecule has 19 heavy (non-hydrogen) atoms. The number of alkyl halides is 3. The van der Waals surface area contributed by atoms with Crippen molar-refractivity contribution in [2.45, 2.75) is 12.2 Å². The van der Waals surface area contributed by atoms with Crippen LogP contribution in [0.2, 0.25) is 0 Å². The molecule has 1 unspecified atom stereocenters. The Balaban J connectivity index is 2.25. The van der Waals surface area contributed by atoms with Gasteiger partial charge in [-0.05, 0) is 13.1 Å². The summed E-state index contributed by atoms with van der Waals surface area (Å²) in [4.78, 5) is 11.4. The van der Waals surface area contributed by atoms with Crippen molar-refractivity contribution in [3.63, 3.8) is 0 Å².